The van der Waals surface area contributed by atoms with Crippen molar-refractivity contribution in [1.29, 1.82) is 0 Å². The highest BCUT2D eigenvalue weighted by molar-refractivity contribution is 7.55. The van der Waals surface area contributed by atoms with Crippen LogP contribution in [-0.2, 0) is 18.4 Å². The van der Waals surface area contributed by atoms with E-state index in [2.05, 4.69) is 5.32 Å². The first-order valence-corrected chi connectivity index (χ1v) is 8.99. The SMILES string of the molecule is CCOP(=O)(OCC)C(Nc1ccc(OC)cc1)C(=O)N(C)C. The Bertz CT molecular complexity index is 537. The minimum atomic E-state index is -3.66. The number of benzene rings is 1. The van der Waals surface area contributed by atoms with Crippen LogP contribution in [0.1, 0.15) is 13.8 Å². The van der Waals surface area contributed by atoms with E-state index < -0.39 is 13.4 Å². The lowest BCUT2D eigenvalue weighted by Crippen LogP contribution is -2.39. The molecule has 0 radical (unpaired) electrons. The van der Waals surface area contributed by atoms with Crippen molar-refractivity contribution >= 4 is 19.2 Å². The number of rotatable bonds is 9. The van der Waals surface area contributed by atoms with Crippen LogP contribution in [0.3, 0.4) is 0 Å². The van der Waals surface area contributed by atoms with Crippen molar-refractivity contribution in [3.05, 3.63) is 24.3 Å². The van der Waals surface area contributed by atoms with Gasteiger partial charge in [-0.05, 0) is 38.1 Å². The number of amides is 1. The molecule has 1 rings (SSSR count). The smallest absolute Gasteiger partial charge is 0.362 e. The lowest BCUT2D eigenvalue weighted by molar-refractivity contribution is -0.128. The van der Waals surface area contributed by atoms with Crippen LogP contribution in [0.4, 0.5) is 5.69 Å². The fourth-order valence-electron chi connectivity index (χ4n) is 1.91. The highest BCUT2D eigenvalue weighted by Crippen LogP contribution is 2.53. The Morgan fingerprint density at radius 2 is 1.70 bits per heavy atom. The molecule has 0 aromatic heterocycles. The molecule has 130 valence electrons. The van der Waals surface area contributed by atoms with Gasteiger partial charge in [0, 0.05) is 19.8 Å². The summed E-state index contributed by atoms with van der Waals surface area (Å²) in [5, 5.41) is 2.96. The van der Waals surface area contributed by atoms with Crippen molar-refractivity contribution in [2.24, 2.45) is 0 Å². The van der Waals surface area contributed by atoms with Gasteiger partial charge in [-0.2, -0.15) is 0 Å². The molecule has 0 heterocycles. The highest BCUT2D eigenvalue weighted by Gasteiger charge is 2.42. The number of hydrogen-bond donors (Lipinski definition) is 1. The van der Waals surface area contributed by atoms with Gasteiger partial charge in [0.1, 0.15) is 5.75 Å². The van der Waals surface area contributed by atoms with Gasteiger partial charge in [0.25, 0.3) is 5.91 Å². The second-order valence-electron chi connectivity index (χ2n) is 4.88. The molecule has 0 saturated carbocycles. The van der Waals surface area contributed by atoms with Crippen molar-refractivity contribution in [3.63, 3.8) is 0 Å². The molecule has 0 saturated heterocycles. The lowest BCUT2D eigenvalue weighted by atomic mass is 10.3. The standard InChI is InChI=1S/C15H25N2O5P/c1-6-21-23(19,22-7-2)14(15(18)17(3)4)16-12-8-10-13(20-5)11-9-12/h8-11,14,16H,6-7H2,1-5H3. The first kappa shape index (κ1) is 19.5. The number of carbonyl (C=O) groups is 1. The van der Waals surface area contributed by atoms with E-state index in [1.807, 2.05) is 0 Å². The Morgan fingerprint density at radius 3 is 2.09 bits per heavy atom. The van der Waals surface area contributed by atoms with Gasteiger partial charge >= 0.3 is 7.60 Å². The zero-order chi connectivity index (χ0) is 17.5. The minimum absolute atomic E-state index is 0.179. The molecule has 0 aliphatic heterocycles. The summed E-state index contributed by atoms with van der Waals surface area (Å²) < 4.78 is 28.7. The van der Waals surface area contributed by atoms with Gasteiger partial charge in [0.2, 0.25) is 5.78 Å². The molecule has 8 heteroatoms. The third-order valence-corrected chi connectivity index (χ3v) is 5.22. The Hall–Kier alpha value is -1.56. The molecular formula is C15H25N2O5P. The summed E-state index contributed by atoms with van der Waals surface area (Å²) in [4.78, 5) is 13.8. The summed E-state index contributed by atoms with van der Waals surface area (Å²) in [6.45, 7) is 3.77. The van der Waals surface area contributed by atoms with E-state index in [1.165, 1.54) is 4.90 Å². The van der Waals surface area contributed by atoms with Crippen LogP contribution >= 0.6 is 7.60 Å². The topological polar surface area (TPSA) is 77.1 Å². The zero-order valence-electron chi connectivity index (χ0n) is 14.2. The van der Waals surface area contributed by atoms with Gasteiger partial charge in [-0.3, -0.25) is 9.36 Å². The summed E-state index contributed by atoms with van der Waals surface area (Å²) in [5.41, 5.74) is 0.616. The molecule has 1 unspecified atom stereocenters. The number of nitrogens with one attached hydrogen (secondary N) is 1. The number of hydrogen-bond acceptors (Lipinski definition) is 6. The maximum Gasteiger partial charge on any atom is 0.362 e. The summed E-state index contributed by atoms with van der Waals surface area (Å²) in [6, 6.07) is 6.95. The van der Waals surface area contributed by atoms with Crippen molar-refractivity contribution in [1.82, 2.24) is 4.90 Å². The van der Waals surface area contributed by atoms with Gasteiger partial charge < -0.3 is 24.0 Å². The molecule has 0 fully saturated rings. The number of methoxy groups -OCH3 is 1. The summed E-state index contributed by atoms with van der Waals surface area (Å²) in [6.07, 6.45) is 0. The van der Waals surface area contributed by atoms with E-state index in [1.54, 1.807) is 59.3 Å². The number of likely N-dealkylation sites (N-methyl/N-ethyl adjacent to an activating group) is 1. The van der Waals surface area contributed by atoms with Crippen LogP contribution < -0.4 is 10.1 Å². The van der Waals surface area contributed by atoms with E-state index in [4.69, 9.17) is 13.8 Å². The normalized spacial score (nSPS) is 12.6. The molecule has 1 amide bonds. The molecular weight excluding hydrogens is 319 g/mol. The van der Waals surface area contributed by atoms with E-state index in [-0.39, 0.29) is 19.1 Å². The van der Waals surface area contributed by atoms with Crippen molar-refractivity contribution in [3.8, 4) is 5.75 Å². The number of nitrogens with zero attached hydrogens (tertiary/aromatic N) is 1. The lowest BCUT2D eigenvalue weighted by Gasteiger charge is -2.28. The third-order valence-electron chi connectivity index (χ3n) is 3.00. The van der Waals surface area contributed by atoms with E-state index in [0.717, 1.165) is 0 Å². The van der Waals surface area contributed by atoms with E-state index in [9.17, 15) is 9.36 Å². The number of carbonyl (C=O) groups excluding carboxylic acids is 1. The monoisotopic (exact) mass is 344 g/mol. The van der Waals surface area contributed by atoms with Crippen LogP contribution in [0.5, 0.6) is 5.75 Å². The Balaban J connectivity index is 3.12. The molecule has 1 atom stereocenters. The predicted molar refractivity (Wildman–Crippen MR) is 90.0 cm³/mol. The molecule has 7 nitrogen and oxygen atoms in total. The first-order chi connectivity index (χ1) is 10.9. The predicted octanol–water partition coefficient (Wildman–Crippen LogP) is 2.79. The molecule has 23 heavy (non-hydrogen) atoms. The first-order valence-electron chi connectivity index (χ1n) is 7.38. The van der Waals surface area contributed by atoms with Gasteiger partial charge in [0.05, 0.1) is 20.3 Å². The molecule has 0 aliphatic carbocycles. The maximum atomic E-state index is 13.0. The molecule has 1 aromatic carbocycles. The van der Waals surface area contributed by atoms with Crippen molar-refractivity contribution < 1.29 is 23.1 Å². The summed E-state index contributed by atoms with van der Waals surface area (Å²) in [5.74, 6) is -0.819. The van der Waals surface area contributed by atoms with Crippen LogP contribution in [0.15, 0.2) is 24.3 Å². The van der Waals surface area contributed by atoms with Crippen LogP contribution in [-0.4, -0.2) is 51.0 Å². The highest BCUT2D eigenvalue weighted by atomic mass is 31.2. The van der Waals surface area contributed by atoms with E-state index in [0.29, 0.717) is 11.4 Å². The van der Waals surface area contributed by atoms with Crippen molar-refractivity contribution in [2.45, 2.75) is 19.6 Å². The number of ether oxygens (including phenoxy) is 1. The fraction of sp³-hybridized carbons (Fsp3) is 0.533. The second kappa shape index (κ2) is 8.91. The fourth-order valence-corrected chi connectivity index (χ4v) is 3.81. The van der Waals surface area contributed by atoms with Gasteiger partial charge in [-0.15, -0.1) is 0 Å². The maximum absolute atomic E-state index is 13.0. The minimum Gasteiger partial charge on any atom is -0.497 e. The summed E-state index contributed by atoms with van der Waals surface area (Å²) >= 11 is 0. The Kier molecular flexibility index (Phi) is 7.55. The largest absolute Gasteiger partial charge is 0.497 e. The molecule has 1 aromatic rings. The molecule has 1 N–H and O–H groups in total. The average Bonchev–Trinajstić information content (AvgIpc) is 2.52. The molecule has 0 bridgehead atoms. The molecule has 0 spiro atoms. The quantitative estimate of drug-likeness (QED) is 0.694. The average molecular weight is 344 g/mol. The van der Waals surface area contributed by atoms with Crippen LogP contribution in [0, 0.1) is 0 Å². The third kappa shape index (κ3) is 5.23. The van der Waals surface area contributed by atoms with Gasteiger partial charge in [-0.25, -0.2) is 0 Å². The molecule has 0 aliphatic rings. The zero-order valence-corrected chi connectivity index (χ0v) is 15.1. The van der Waals surface area contributed by atoms with E-state index >= 15 is 0 Å². The Labute approximate surface area is 137 Å². The Morgan fingerprint density at radius 1 is 1.17 bits per heavy atom. The number of anilines is 1. The second-order valence-corrected chi connectivity index (χ2v) is 7.00. The summed E-state index contributed by atoms with van der Waals surface area (Å²) in [7, 11) is 1.09. The van der Waals surface area contributed by atoms with Gasteiger partial charge in [-0.1, -0.05) is 0 Å². The van der Waals surface area contributed by atoms with Crippen LogP contribution in [0.25, 0.3) is 0 Å². The van der Waals surface area contributed by atoms with Crippen molar-refractivity contribution in [2.75, 3.05) is 39.7 Å². The van der Waals surface area contributed by atoms with Crippen LogP contribution in [0.2, 0.25) is 0 Å². The van der Waals surface area contributed by atoms with Gasteiger partial charge in [0.15, 0.2) is 0 Å².